The van der Waals surface area contributed by atoms with E-state index in [2.05, 4.69) is 11.1 Å². The summed E-state index contributed by atoms with van der Waals surface area (Å²) in [5.41, 5.74) is 2.23. The Labute approximate surface area is 112 Å². The van der Waals surface area contributed by atoms with E-state index in [0.29, 0.717) is 18.9 Å². The molecule has 1 heterocycles. The maximum atomic E-state index is 11.4. The van der Waals surface area contributed by atoms with E-state index in [1.54, 1.807) is 12.3 Å². The predicted octanol–water partition coefficient (Wildman–Crippen LogP) is 2.51. The van der Waals surface area contributed by atoms with Gasteiger partial charge in [-0.2, -0.15) is 0 Å². The van der Waals surface area contributed by atoms with Crippen LogP contribution in [0.3, 0.4) is 0 Å². The normalized spacial score (nSPS) is 18.8. The van der Waals surface area contributed by atoms with Crippen LogP contribution in [0.1, 0.15) is 38.2 Å². The summed E-state index contributed by atoms with van der Waals surface area (Å²) < 4.78 is 4.97. The molecule has 0 amide bonds. The fraction of sp³-hybridized carbons (Fsp3) is 0.467. The zero-order chi connectivity index (χ0) is 13.7. The second kappa shape index (κ2) is 6.36. The SMILES string of the molecule is CCOC(=O)CC1CC=C(c2ccc(=O)[nH]c2)CC1. The Hall–Kier alpha value is -1.84. The number of ether oxygens (including phenoxy) is 1. The van der Waals surface area contributed by atoms with Crippen molar-refractivity contribution in [2.75, 3.05) is 6.61 Å². The number of H-pyrrole nitrogens is 1. The Balaban J connectivity index is 1.94. The largest absolute Gasteiger partial charge is 0.466 e. The Bertz CT molecular complexity index is 510. The van der Waals surface area contributed by atoms with Gasteiger partial charge in [0, 0.05) is 18.7 Å². The number of pyridine rings is 1. The van der Waals surface area contributed by atoms with Crippen molar-refractivity contribution < 1.29 is 9.53 Å². The van der Waals surface area contributed by atoms with E-state index in [1.165, 1.54) is 5.57 Å². The van der Waals surface area contributed by atoms with Gasteiger partial charge >= 0.3 is 5.97 Å². The van der Waals surface area contributed by atoms with Gasteiger partial charge < -0.3 is 9.72 Å². The first-order valence-electron chi connectivity index (χ1n) is 6.72. The summed E-state index contributed by atoms with van der Waals surface area (Å²) in [4.78, 5) is 25.1. The van der Waals surface area contributed by atoms with Gasteiger partial charge in [-0.1, -0.05) is 6.08 Å². The second-order valence-electron chi connectivity index (χ2n) is 4.82. The Kier molecular flexibility index (Phi) is 4.55. The molecule has 1 aliphatic rings. The minimum atomic E-state index is -0.103. The van der Waals surface area contributed by atoms with Gasteiger partial charge in [0.15, 0.2) is 0 Å². The lowest BCUT2D eigenvalue weighted by molar-refractivity contribution is -0.144. The second-order valence-corrected chi connectivity index (χ2v) is 4.82. The van der Waals surface area contributed by atoms with Crippen LogP contribution in [0.2, 0.25) is 0 Å². The van der Waals surface area contributed by atoms with Crippen molar-refractivity contribution in [3.63, 3.8) is 0 Å². The van der Waals surface area contributed by atoms with Crippen LogP contribution < -0.4 is 5.56 Å². The number of carbonyl (C=O) groups excluding carboxylic acids is 1. The quantitative estimate of drug-likeness (QED) is 0.847. The highest BCUT2D eigenvalue weighted by Gasteiger charge is 2.18. The molecule has 0 fully saturated rings. The van der Waals surface area contributed by atoms with Gasteiger partial charge in [0.2, 0.25) is 5.56 Å². The van der Waals surface area contributed by atoms with E-state index >= 15 is 0 Å². The lowest BCUT2D eigenvalue weighted by Gasteiger charge is -2.21. The standard InChI is InChI=1S/C15H19NO3/c1-2-19-15(18)9-11-3-5-12(6-4-11)13-7-8-14(17)16-10-13/h5,7-8,10-11H,2-4,6,9H2,1H3,(H,16,17). The summed E-state index contributed by atoms with van der Waals surface area (Å²) in [6, 6.07) is 3.39. The van der Waals surface area contributed by atoms with E-state index < -0.39 is 0 Å². The van der Waals surface area contributed by atoms with E-state index in [4.69, 9.17) is 4.74 Å². The summed E-state index contributed by atoms with van der Waals surface area (Å²) in [6.07, 6.45) is 7.25. The van der Waals surface area contributed by atoms with Gasteiger partial charge in [-0.25, -0.2) is 0 Å². The van der Waals surface area contributed by atoms with Crippen LogP contribution in [-0.2, 0) is 9.53 Å². The monoisotopic (exact) mass is 261 g/mol. The number of hydrogen-bond acceptors (Lipinski definition) is 3. The van der Waals surface area contributed by atoms with E-state index in [0.717, 1.165) is 24.8 Å². The Morgan fingerprint density at radius 3 is 2.89 bits per heavy atom. The molecule has 1 N–H and O–H groups in total. The lowest BCUT2D eigenvalue weighted by Crippen LogP contribution is -2.14. The van der Waals surface area contributed by atoms with Crippen molar-refractivity contribution in [1.29, 1.82) is 0 Å². The summed E-state index contributed by atoms with van der Waals surface area (Å²) in [5.74, 6) is 0.277. The molecular formula is C15H19NO3. The number of allylic oxidation sites excluding steroid dienone is 2. The van der Waals surface area contributed by atoms with Gasteiger partial charge in [-0.3, -0.25) is 9.59 Å². The molecule has 0 spiro atoms. The molecule has 4 nitrogen and oxygen atoms in total. The van der Waals surface area contributed by atoms with Crippen LogP contribution in [0.25, 0.3) is 5.57 Å². The number of aromatic amines is 1. The van der Waals surface area contributed by atoms with Crippen LogP contribution in [0.5, 0.6) is 0 Å². The molecule has 19 heavy (non-hydrogen) atoms. The van der Waals surface area contributed by atoms with Gasteiger partial charge in [0.05, 0.1) is 6.61 Å². The first-order valence-corrected chi connectivity index (χ1v) is 6.72. The molecule has 0 radical (unpaired) electrons. The summed E-state index contributed by atoms with van der Waals surface area (Å²) in [6.45, 7) is 2.27. The van der Waals surface area contributed by atoms with Crippen molar-refractivity contribution in [2.24, 2.45) is 5.92 Å². The minimum absolute atomic E-state index is 0.0830. The molecule has 0 saturated heterocycles. The van der Waals surface area contributed by atoms with Crippen LogP contribution in [0.4, 0.5) is 0 Å². The average molecular weight is 261 g/mol. The van der Waals surface area contributed by atoms with Gasteiger partial charge in [-0.15, -0.1) is 0 Å². The van der Waals surface area contributed by atoms with E-state index in [-0.39, 0.29) is 11.5 Å². The number of esters is 1. The molecule has 0 saturated carbocycles. The fourth-order valence-electron chi connectivity index (χ4n) is 2.40. The average Bonchev–Trinajstić information content (AvgIpc) is 2.41. The number of rotatable bonds is 4. The molecule has 1 aromatic rings. The molecule has 1 atom stereocenters. The van der Waals surface area contributed by atoms with Crippen molar-refractivity contribution in [3.8, 4) is 0 Å². The number of nitrogens with one attached hydrogen (secondary N) is 1. The topological polar surface area (TPSA) is 59.2 Å². The maximum Gasteiger partial charge on any atom is 0.306 e. The fourth-order valence-corrected chi connectivity index (χ4v) is 2.40. The zero-order valence-electron chi connectivity index (χ0n) is 11.1. The molecular weight excluding hydrogens is 242 g/mol. The molecule has 0 aliphatic heterocycles. The predicted molar refractivity (Wildman–Crippen MR) is 73.6 cm³/mol. The van der Waals surface area contributed by atoms with Crippen molar-refractivity contribution in [1.82, 2.24) is 4.98 Å². The third-order valence-electron chi connectivity index (χ3n) is 3.44. The number of hydrogen-bond donors (Lipinski definition) is 1. The van der Waals surface area contributed by atoms with Gasteiger partial charge in [0.25, 0.3) is 0 Å². The van der Waals surface area contributed by atoms with E-state index in [9.17, 15) is 9.59 Å². The van der Waals surface area contributed by atoms with Crippen molar-refractivity contribution in [2.45, 2.75) is 32.6 Å². The minimum Gasteiger partial charge on any atom is -0.466 e. The van der Waals surface area contributed by atoms with Gasteiger partial charge in [0.1, 0.15) is 0 Å². The summed E-state index contributed by atoms with van der Waals surface area (Å²) in [7, 11) is 0. The highest BCUT2D eigenvalue weighted by molar-refractivity contribution is 5.70. The molecule has 1 unspecified atom stereocenters. The highest BCUT2D eigenvalue weighted by Crippen LogP contribution is 2.31. The molecule has 0 aromatic carbocycles. The van der Waals surface area contributed by atoms with Gasteiger partial charge in [-0.05, 0) is 49.3 Å². The summed E-state index contributed by atoms with van der Waals surface area (Å²) >= 11 is 0. The molecule has 4 heteroatoms. The zero-order valence-corrected chi connectivity index (χ0v) is 11.1. The molecule has 1 aliphatic carbocycles. The smallest absolute Gasteiger partial charge is 0.306 e. The number of aromatic nitrogens is 1. The lowest BCUT2D eigenvalue weighted by atomic mass is 9.85. The third kappa shape index (κ3) is 3.81. The third-order valence-corrected chi connectivity index (χ3v) is 3.44. The highest BCUT2D eigenvalue weighted by atomic mass is 16.5. The van der Waals surface area contributed by atoms with Crippen LogP contribution in [-0.4, -0.2) is 17.6 Å². The Morgan fingerprint density at radius 2 is 2.32 bits per heavy atom. The first kappa shape index (κ1) is 13.6. The number of carbonyl (C=O) groups is 1. The summed E-state index contributed by atoms with van der Waals surface area (Å²) in [5, 5.41) is 0. The molecule has 0 bridgehead atoms. The van der Waals surface area contributed by atoms with Crippen molar-refractivity contribution >= 4 is 11.5 Å². The first-order chi connectivity index (χ1) is 9.19. The van der Waals surface area contributed by atoms with Crippen LogP contribution in [0, 0.1) is 5.92 Å². The molecule has 1 aromatic heterocycles. The van der Waals surface area contributed by atoms with Crippen molar-refractivity contribution in [3.05, 3.63) is 40.3 Å². The molecule has 102 valence electrons. The van der Waals surface area contributed by atoms with Crippen LogP contribution >= 0.6 is 0 Å². The van der Waals surface area contributed by atoms with E-state index in [1.807, 2.05) is 13.0 Å². The Morgan fingerprint density at radius 1 is 1.47 bits per heavy atom. The van der Waals surface area contributed by atoms with Crippen LogP contribution in [0.15, 0.2) is 29.2 Å². The maximum absolute atomic E-state index is 11.4. The molecule has 2 rings (SSSR count).